The number of hydrogen-bond donors (Lipinski definition) is 2. The van der Waals surface area contributed by atoms with Crippen LogP contribution in [0.1, 0.15) is 10.4 Å². The van der Waals surface area contributed by atoms with E-state index < -0.39 is 0 Å². The number of para-hydroxylation sites is 1. The zero-order chi connectivity index (χ0) is 14.5. The number of rotatable bonds is 2. The minimum atomic E-state index is -0.290. The molecule has 102 valence electrons. The Morgan fingerprint density at radius 1 is 1.10 bits per heavy atom. The van der Waals surface area contributed by atoms with Gasteiger partial charge in [-0.05, 0) is 52.4 Å². The molecule has 6 heteroatoms. The van der Waals surface area contributed by atoms with Crippen molar-refractivity contribution in [2.75, 3.05) is 5.32 Å². The van der Waals surface area contributed by atoms with Crippen molar-refractivity contribution in [1.29, 1.82) is 0 Å². The molecule has 0 saturated carbocycles. The average Bonchev–Trinajstić information content (AvgIpc) is 2.41. The molecule has 0 aliphatic heterocycles. The van der Waals surface area contributed by atoms with Crippen LogP contribution in [0.5, 0.6) is 0 Å². The van der Waals surface area contributed by atoms with Crippen LogP contribution in [0.25, 0.3) is 0 Å². The molecule has 0 spiro atoms. The SMILES string of the molecule is O=C(NC(=S)Nc1ccccc1Cl)c1ccccc1Br. The lowest BCUT2D eigenvalue weighted by atomic mass is 10.2. The summed E-state index contributed by atoms with van der Waals surface area (Å²) in [4.78, 5) is 12.0. The Morgan fingerprint density at radius 3 is 2.45 bits per heavy atom. The fourth-order valence-corrected chi connectivity index (χ4v) is 2.38. The lowest BCUT2D eigenvalue weighted by Gasteiger charge is -2.11. The third-order valence-electron chi connectivity index (χ3n) is 2.47. The van der Waals surface area contributed by atoms with Crippen LogP contribution >= 0.6 is 39.7 Å². The van der Waals surface area contributed by atoms with Crippen LogP contribution in [0.4, 0.5) is 5.69 Å². The van der Waals surface area contributed by atoms with E-state index in [-0.39, 0.29) is 11.0 Å². The monoisotopic (exact) mass is 368 g/mol. The van der Waals surface area contributed by atoms with E-state index in [1.165, 1.54) is 0 Å². The van der Waals surface area contributed by atoms with Gasteiger partial charge in [0.05, 0.1) is 16.3 Å². The minimum Gasteiger partial charge on any atom is -0.331 e. The van der Waals surface area contributed by atoms with Crippen LogP contribution in [0.2, 0.25) is 5.02 Å². The highest BCUT2D eigenvalue weighted by atomic mass is 79.9. The minimum absolute atomic E-state index is 0.193. The maximum absolute atomic E-state index is 12.0. The van der Waals surface area contributed by atoms with Crippen molar-refractivity contribution in [2.45, 2.75) is 0 Å². The molecule has 0 saturated heterocycles. The molecule has 2 rings (SSSR count). The van der Waals surface area contributed by atoms with Crippen molar-refractivity contribution in [1.82, 2.24) is 5.32 Å². The Hall–Kier alpha value is -1.43. The van der Waals surface area contributed by atoms with E-state index >= 15 is 0 Å². The molecule has 0 aliphatic carbocycles. The molecular weight excluding hydrogens is 360 g/mol. The molecule has 0 bridgehead atoms. The smallest absolute Gasteiger partial charge is 0.258 e. The summed E-state index contributed by atoms with van der Waals surface area (Å²) in [6, 6.07) is 14.3. The van der Waals surface area contributed by atoms with Crippen molar-refractivity contribution in [3.63, 3.8) is 0 Å². The first-order chi connectivity index (χ1) is 9.58. The molecule has 0 radical (unpaired) electrons. The van der Waals surface area contributed by atoms with Gasteiger partial charge in [0.1, 0.15) is 0 Å². The molecule has 20 heavy (non-hydrogen) atoms. The highest BCUT2D eigenvalue weighted by molar-refractivity contribution is 9.10. The zero-order valence-corrected chi connectivity index (χ0v) is 13.3. The van der Waals surface area contributed by atoms with Crippen LogP contribution in [-0.4, -0.2) is 11.0 Å². The van der Waals surface area contributed by atoms with E-state index in [1.807, 2.05) is 18.2 Å². The number of hydrogen-bond acceptors (Lipinski definition) is 2. The number of nitrogens with one attached hydrogen (secondary N) is 2. The molecule has 1 amide bonds. The van der Waals surface area contributed by atoms with E-state index in [9.17, 15) is 4.79 Å². The predicted octanol–water partition coefficient (Wildman–Crippen LogP) is 4.23. The Morgan fingerprint density at radius 2 is 1.75 bits per heavy atom. The number of halogens is 2. The second-order valence-electron chi connectivity index (χ2n) is 3.87. The Labute approximate surface area is 135 Å². The maximum atomic E-state index is 12.0. The Kier molecular flexibility index (Phi) is 5.11. The standard InChI is InChI=1S/C14H10BrClN2OS/c15-10-6-2-1-5-9(10)13(19)18-14(20)17-12-8-4-3-7-11(12)16/h1-8H,(H2,17,18,19,20). The van der Waals surface area contributed by atoms with Gasteiger partial charge in [-0.15, -0.1) is 0 Å². The van der Waals surface area contributed by atoms with Crippen LogP contribution in [0, 0.1) is 0 Å². The zero-order valence-electron chi connectivity index (χ0n) is 10.2. The summed E-state index contributed by atoms with van der Waals surface area (Å²) >= 11 is 14.4. The first-order valence-electron chi connectivity index (χ1n) is 5.69. The molecule has 0 atom stereocenters. The highest BCUT2D eigenvalue weighted by Crippen LogP contribution is 2.20. The molecule has 0 fully saturated rings. The van der Waals surface area contributed by atoms with E-state index in [0.717, 1.165) is 0 Å². The van der Waals surface area contributed by atoms with Crippen LogP contribution in [-0.2, 0) is 0 Å². The molecule has 0 aliphatic rings. The summed E-state index contributed by atoms with van der Waals surface area (Å²) in [6.45, 7) is 0. The molecule has 2 N–H and O–H groups in total. The summed E-state index contributed by atoms with van der Waals surface area (Å²) in [7, 11) is 0. The largest absolute Gasteiger partial charge is 0.331 e. The number of amides is 1. The number of anilines is 1. The van der Waals surface area contributed by atoms with Gasteiger partial charge in [-0.25, -0.2) is 0 Å². The summed E-state index contributed by atoms with van der Waals surface area (Å²) in [6.07, 6.45) is 0. The fraction of sp³-hybridized carbons (Fsp3) is 0. The summed E-state index contributed by atoms with van der Waals surface area (Å²) in [5, 5.41) is 6.21. The predicted molar refractivity (Wildman–Crippen MR) is 89.3 cm³/mol. The van der Waals surface area contributed by atoms with Gasteiger partial charge in [0, 0.05) is 4.47 Å². The lowest BCUT2D eigenvalue weighted by molar-refractivity contribution is 0.0977. The fourth-order valence-electron chi connectivity index (χ4n) is 1.53. The quantitative estimate of drug-likeness (QED) is 0.778. The van der Waals surface area contributed by atoms with E-state index in [4.69, 9.17) is 23.8 Å². The number of carbonyl (C=O) groups excluding carboxylic acids is 1. The van der Waals surface area contributed by atoms with Crippen molar-refractivity contribution in [2.24, 2.45) is 0 Å². The van der Waals surface area contributed by atoms with E-state index in [1.54, 1.807) is 30.3 Å². The van der Waals surface area contributed by atoms with Crippen LogP contribution < -0.4 is 10.6 Å². The molecule has 0 unspecified atom stereocenters. The first-order valence-corrected chi connectivity index (χ1v) is 7.27. The van der Waals surface area contributed by atoms with Crippen LogP contribution in [0.3, 0.4) is 0 Å². The van der Waals surface area contributed by atoms with Gasteiger partial charge in [-0.3, -0.25) is 10.1 Å². The average molecular weight is 370 g/mol. The van der Waals surface area contributed by atoms with Gasteiger partial charge in [-0.2, -0.15) is 0 Å². The second kappa shape index (κ2) is 6.83. The molecule has 2 aromatic rings. The molecule has 3 nitrogen and oxygen atoms in total. The van der Waals surface area contributed by atoms with Crippen LogP contribution in [0.15, 0.2) is 53.0 Å². The van der Waals surface area contributed by atoms with Crippen molar-refractivity contribution < 1.29 is 4.79 Å². The third kappa shape index (κ3) is 3.79. The maximum Gasteiger partial charge on any atom is 0.258 e. The van der Waals surface area contributed by atoms with E-state index in [2.05, 4.69) is 26.6 Å². The van der Waals surface area contributed by atoms with Gasteiger partial charge in [-0.1, -0.05) is 35.9 Å². The highest BCUT2D eigenvalue weighted by Gasteiger charge is 2.11. The number of benzene rings is 2. The lowest BCUT2D eigenvalue weighted by Crippen LogP contribution is -2.34. The van der Waals surface area contributed by atoms with Crippen molar-refractivity contribution >= 4 is 56.5 Å². The summed E-state index contributed by atoms with van der Waals surface area (Å²) < 4.78 is 0.707. The van der Waals surface area contributed by atoms with Gasteiger partial charge >= 0.3 is 0 Å². The molecule has 0 aromatic heterocycles. The van der Waals surface area contributed by atoms with Gasteiger partial charge < -0.3 is 5.32 Å². The topological polar surface area (TPSA) is 41.1 Å². The molecule has 0 heterocycles. The van der Waals surface area contributed by atoms with Gasteiger partial charge in [0.25, 0.3) is 5.91 Å². The van der Waals surface area contributed by atoms with E-state index in [0.29, 0.717) is 20.7 Å². The number of thiocarbonyl (C=S) groups is 1. The normalized spacial score (nSPS) is 9.90. The summed E-state index contributed by atoms with van der Waals surface area (Å²) in [5.74, 6) is -0.290. The van der Waals surface area contributed by atoms with Gasteiger partial charge in [0.15, 0.2) is 5.11 Å². The second-order valence-corrected chi connectivity index (χ2v) is 5.54. The summed E-state index contributed by atoms with van der Waals surface area (Å²) in [5.41, 5.74) is 1.16. The molecule has 2 aromatic carbocycles. The Bertz CT molecular complexity index is 663. The number of carbonyl (C=O) groups is 1. The van der Waals surface area contributed by atoms with Gasteiger partial charge in [0.2, 0.25) is 0 Å². The Balaban J connectivity index is 2.04. The molecular formula is C14H10BrClN2OS. The van der Waals surface area contributed by atoms with Crippen molar-refractivity contribution in [3.8, 4) is 0 Å². The third-order valence-corrected chi connectivity index (χ3v) is 3.69. The van der Waals surface area contributed by atoms with Crippen molar-refractivity contribution in [3.05, 3.63) is 63.6 Å². The first kappa shape index (κ1) is 15.0.